The molecule has 0 fully saturated rings. The molecule has 0 saturated heterocycles. The van der Waals surface area contributed by atoms with Crippen molar-refractivity contribution < 1.29 is 0 Å². The van der Waals surface area contributed by atoms with Gasteiger partial charge in [0.15, 0.2) is 0 Å². The molecule has 1 aromatic heterocycles. The minimum atomic E-state index is 0.876. The third-order valence-electron chi connectivity index (χ3n) is 4.75. The van der Waals surface area contributed by atoms with Crippen molar-refractivity contribution in [3.05, 3.63) is 94.8 Å². The molecule has 0 amide bonds. The predicted molar refractivity (Wildman–Crippen MR) is 138 cm³/mol. The number of nitrogens with one attached hydrogen (secondary N) is 2. The van der Waals surface area contributed by atoms with Gasteiger partial charge in [-0.1, -0.05) is 75.1 Å². The maximum Gasteiger partial charge on any atom is 0.0581 e. The van der Waals surface area contributed by atoms with E-state index in [-0.39, 0.29) is 0 Å². The number of aromatic amines is 1. The molecule has 0 aliphatic heterocycles. The lowest BCUT2D eigenvalue weighted by atomic mass is 10.1. The molecule has 0 aliphatic rings. The molecule has 0 aliphatic carbocycles. The molecule has 3 heteroatoms. The molecular weight excluding hydrogens is 378 g/mol. The van der Waals surface area contributed by atoms with Gasteiger partial charge in [0.2, 0.25) is 0 Å². The van der Waals surface area contributed by atoms with Crippen molar-refractivity contribution in [3.8, 4) is 0 Å². The van der Waals surface area contributed by atoms with Crippen LogP contribution < -0.4 is 15.9 Å². The van der Waals surface area contributed by atoms with E-state index in [0.717, 1.165) is 47.6 Å². The largest absolute Gasteiger partial charge is 0.359 e. The van der Waals surface area contributed by atoms with E-state index in [0.29, 0.717) is 0 Å². The molecule has 1 aromatic carbocycles. The zero-order valence-electron chi connectivity index (χ0n) is 20.0. The zero-order chi connectivity index (χ0) is 23.1. The van der Waals surface area contributed by atoms with Crippen LogP contribution >= 0.6 is 0 Å². The van der Waals surface area contributed by atoms with Gasteiger partial charge in [-0.3, -0.25) is 5.10 Å². The highest BCUT2D eigenvalue weighted by atomic mass is 15.1. The van der Waals surface area contributed by atoms with Gasteiger partial charge >= 0.3 is 0 Å². The predicted octanol–water partition coefficient (Wildman–Crippen LogP) is 6.43. The van der Waals surface area contributed by atoms with Gasteiger partial charge in [0.05, 0.1) is 11.5 Å². The lowest BCUT2D eigenvalue weighted by molar-refractivity contribution is 0.980. The van der Waals surface area contributed by atoms with Gasteiger partial charge < -0.3 is 5.32 Å². The quantitative estimate of drug-likeness (QED) is 0.461. The summed E-state index contributed by atoms with van der Waals surface area (Å²) in [7, 11) is 0. The highest BCUT2D eigenvalue weighted by molar-refractivity contribution is 5.53. The standard InChI is InChI=1S/C19H27N.C9H12N2/c1-5-7-10-16(3)11-8-12-17(4)20-19-14-9-13-18(6-2)15-19;1-4-5-7(2)9-6-10-11-8(9)3/h7,9-11,13-15,20H,4-6,8,12H2,1-3H3;4-6,11H,3H2,1-2H3/b10-7-,16-11-;5-4-,9-7-. The molecule has 0 atom stereocenters. The summed E-state index contributed by atoms with van der Waals surface area (Å²) in [5.41, 5.74) is 6.07. The van der Waals surface area contributed by atoms with Crippen LogP contribution in [-0.2, 0) is 6.42 Å². The van der Waals surface area contributed by atoms with E-state index in [9.17, 15) is 0 Å². The summed E-state index contributed by atoms with van der Waals surface area (Å²) in [6.45, 7) is 18.4. The Morgan fingerprint density at radius 1 is 1.19 bits per heavy atom. The van der Waals surface area contributed by atoms with Crippen molar-refractivity contribution in [1.82, 2.24) is 10.2 Å². The number of anilines is 1. The van der Waals surface area contributed by atoms with Gasteiger partial charge in [0.1, 0.15) is 0 Å². The monoisotopic (exact) mass is 417 g/mol. The molecule has 2 N–H and O–H groups in total. The number of hydrogen-bond acceptors (Lipinski definition) is 2. The first-order chi connectivity index (χ1) is 14.9. The van der Waals surface area contributed by atoms with Crippen LogP contribution in [-0.4, -0.2) is 10.2 Å². The van der Waals surface area contributed by atoms with Gasteiger partial charge in [-0.2, -0.15) is 5.10 Å². The van der Waals surface area contributed by atoms with E-state index in [2.05, 4.69) is 91.9 Å². The molecule has 166 valence electrons. The second kappa shape index (κ2) is 14.8. The summed E-state index contributed by atoms with van der Waals surface area (Å²) in [5.74, 6) is 0. The average Bonchev–Trinajstić information content (AvgIpc) is 3.19. The van der Waals surface area contributed by atoms with Gasteiger partial charge in [-0.05, 0) is 69.7 Å². The second-order valence-corrected chi connectivity index (χ2v) is 7.53. The van der Waals surface area contributed by atoms with Crippen LogP contribution in [0.1, 0.15) is 59.4 Å². The van der Waals surface area contributed by atoms with E-state index in [1.807, 2.05) is 26.0 Å². The van der Waals surface area contributed by atoms with Crippen LogP contribution in [0.3, 0.4) is 0 Å². The number of hydrogen-bond donors (Lipinski definition) is 2. The van der Waals surface area contributed by atoms with Crippen LogP contribution in [0.25, 0.3) is 12.2 Å². The summed E-state index contributed by atoms with van der Waals surface area (Å²) in [6.07, 6.45) is 16.6. The Bertz CT molecular complexity index is 1000. The molecular formula is C28H39N3. The Morgan fingerprint density at radius 3 is 2.58 bits per heavy atom. The molecule has 0 unspecified atom stereocenters. The van der Waals surface area contributed by atoms with Crippen LogP contribution in [0.4, 0.5) is 5.69 Å². The lowest BCUT2D eigenvalue weighted by Gasteiger charge is -2.09. The number of rotatable bonds is 9. The Kier molecular flexibility index (Phi) is 12.4. The minimum absolute atomic E-state index is 0.876. The topological polar surface area (TPSA) is 40.7 Å². The van der Waals surface area contributed by atoms with Crippen molar-refractivity contribution in [2.75, 3.05) is 5.32 Å². The van der Waals surface area contributed by atoms with E-state index in [4.69, 9.17) is 0 Å². The highest BCUT2D eigenvalue weighted by Crippen LogP contribution is 2.15. The van der Waals surface area contributed by atoms with Crippen LogP contribution in [0.2, 0.25) is 0 Å². The van der Waals surface area contributed by atoms with Crippen molar-refractivity contribution in [1.29, 1.82) is 0 Å². The summed E-state index contributed by atoms with van der Waals surface area (Å²) in [5, 5.41) is 12.0. The number of benzene rings is 1. The fourth-order valence-electron chi connectivity index (χ4n) is 2.97. The molecule has 1 heterocycles. The minimum Gasteiger partial charge on any atom is -0.359 e. The van der Waals surface area contributed by atoms with E-state index < -0.39 is 0 Å². The summed E-state index contributed by atoms with van der Waals surface area (Å²) in [6, 6.07) is 8.53. The average molecular weight is 418 g/mol. The maximum atomic E-state index is 4.11. The Morgan fingerprint density at radius 2 is 1.97 bits per heavy atom. The molecule has 3 nitrogen and oxygen atoms in total. The zero-order valence-corrected chi connectivity index (χ0v) is 20.0. The molecule has 0 spiro atoms. The first kappa shape index (κ1) is 26.0. The van der Waals surface area contributed by atoms with Crippen LogP contribution in [0, 0.1) is 0 Å². The summed E-state index contributed by atoms with van der Waals surface area (Å²) < 4.78 is 0. The first-order valence-electron chi connectivity index (χ1n) is 11.1. The van der Waals surface area contributed by atoms with E-state index >= 15 is 0 Å². The van der Waals surface area contributed by atoms with Crippen LogP contribution in [0.15, 0.2) is 78.7 Å². The first-order valence-corrected chi connectivity index (χ1v) is 11.1. The third-order valence-corrected chi connectivity index (χ3v) is 4.75. The van der Waals surface area contributed by atoms with Gasteiger partial charge in [-0.15, -0.1) is 0 Å². The van der Waals surface area contributed by atoms with E-state index in [1.165, 1.54) is 16.7 Å². The fraction of sp³-hybridized carbons (Fsp3) is 0.321. The molecule has 2 aromatic rings. The number of allylic oxidation sites excluding steroid dienone is 7. The van der Waals surface area contributed by atoms with E-state index in [1.54, 1.807) is 6.20 Å². The van der Waals surface area contributed by atoms with Crippen molar-refractivity contribution in [2.24, 2.45) is 0 Å². The lowest BCUT2D eigenvalue weighted by Crippen LogP contribution is -2.21. The van der Waals surface area contributed by atoms with Crippen molar-refractivity contribution in [3.63, 3.8) is 0 Å². The smallest absolute Gasteiger partial charge is 0.0581 e. The fourth-order valence-corrected chi connectivity index (χ4v) is 2.97. The van der Waals surface area contributed by atoms with Gasteiger partial charge in [0.25, 0.3) is 0 Å². The van der Waals surface area contributed by atoms with Gasteiger partial charge in [0, 0.05) is 16.6 Å². The van der Waals surface area contributed by atoms with Crippen molar-refractivity contribution in [2.45, 2.75) is 60.3 Å². The molecule has 31 heavy (non-hydrogen) atoms. The second-order valence-electron chi connectivity index (χ2n) is 7.53. The highest BCUT2D eigenvalue weighted by Gasteiger charge is 1.97. The number of nitrogens with zero attached hydrogens (tertiary/aromatic N) is 1. The maximum absolute atomic E-state index is 4.11. The number of H-pyrrole nitrogens is 1. The van der Waals surface area contributed by atoms with Gasteiger partial charge in [-0.25, -0.2) is 0 Å². The molecule has 0 radical (unpaired) electrons. The summed E-state index contributed by atoms with van der Waals surface area (Å²) in [4.78, 5) is 0. The number of aryl methyl sites for hydroxylation is 1. The normalized spacial score (nSPS) is 12.6. The molecule has 2 rings (SSSR count). The Hall–Kier alpha value is -3.07. The molecule has 0 bridgehead atoms. The third kappa shape index (κ3) is 10.5. The van der Waals surface area contributed by atoms with Crippen molar-refractivity contribution >= 4 is 17.8 Å². The van der Waals surface area contributed by atoms with Crippen LogP contribution in [0.5, 0.6) is 0 Å². The SMILES string of the molecule is C=C(CC/C=C(C)\C=C/CC)Nc1cccc(CC)c1.C=c1[nH]nc/c1=C(C)/C=C\C. The Labute approximate surface area is 188 Å². The summed E-state index contributed by atoms with van der Waals surface area (Å²) >= 11 is 0. The number of aromatic nitrogens is 2. The molecule has 0 saturated carbocycles. The Balaban J connectivity index is 0.000000367.